The maximum absolute atomic E-state index is 11.7. The van der Waals surface area contributed by atoms with Gasteiger partial charge in [0.1, 0.15) is 11.9 Å². The number of cyclic esters (lactones) is 1. The fraction of sp³-hybridized carbons (Fsp3) is 0.429. The number of aryl methyl sites for hydroxylation is 1. The Labute approximate surface area is 117 Å². The minimum atomic E-state index is -0.361. The molecule has 1 aromatic rings. The summed E-state index contributed by atoms with van der Waals surface area (Å²) in [5, 5.41) is 2.69. The summed E-state index contributed by atoms with van der Waals surface area (Å²) in [6.45, 7) is 2.65. The Morgan fingerprint density at radius 1 is 1.50 bits per heavy atom. The first-order chi connectivity index (χ1) is 9.56. The van der Waals surface area contributed by atoms with Crippen molar-refractivity contribution >= 4 is 12.0 Å². The molecule has 6 heteroatoms. The van der Waals surface area contributed by atoms with Gasteiger partial charge in [0.25, 0.3) is 5.91 Å². The second kappa shape index (κ2) is 6.27. The number of ether oxygens (including phenoxy) is 2. The highest BCUT2D eigenvalue weighted by Gasteiger charge is 2.28. The van der Waals surface area contributed by atoms with Crippen molar-refractivity contribution in [3.05, 3.63) is 29.8 Å². The maximum atomic E-state index is 11.7. The topological polar surface area (TPSA) is 67.9 Å². The van der Waals surface area contributed by atoms with Gasteiger partial charge in [-0.05, 0) is 18.6 Å². The van der Waals surface area contributed by atoms with Gasteiger partial charge in [-0.15, -0.1) is 0 Å². The van der Waals surface area contributed by atoms with Gasteiger partial charge in [0.2, 0.25) is 0 Å². The summed E-state index contributed by atoms with van der Waals surface area (Å²) in [6, 6.07) is 7.50. The monoisotopic (exact) mass is 278 g/mol. The number of likely N-dealkylation sites (N-methyl/N-ethyl adjacent to an activating group) is 1. The van der Waals surface area contributed by atoms with Gasteiger partial charge in [-0.3, -0.25) is 4.79 Å². The van der Waals surface area contributed by atoms with Gasteiger partial charge in [0.05, 0.1) is 13.1 Å². The average Bonchev–Trinajstić information content (AvgIpc) is 2.75. The molecule has 1 atom stereocenters. The van der Waals surface area contributed by atoms with E-state index in [9.17, 15) is 9.59 Å². The molecule has 1 aromatic carbocycles. The molecule has 0 bridgehead atoms. The number of benzene rings is 1. The third kappa shape index (κ3) is 3.63. The van der Waals surface area contributed by atoms with Crippen LogP contribution in [-0.2, 0) is 9.53 Å². The van der Waals surface area contributed by atoms with Crippen molar-refractivity contribution < 1.29 is 19.1 Å². The quantitative estimate of drug-likeness (QED) is 0.870. The van der Waals surface area contributed by atoms with Crippen LogP contribution in [0.5, 0.6) is 5.75 Å². The average molecular weight is 278 g/mol. The summed E-state index contributed by atoms with van der Waals surface area (Å²) in [5.41, 5.74) is 0.978. The van der Waals surface area contributed by atoms with E-state index in [2.05, 4.69) is 5.32 Å². The minimum absolute atomic E-state index is 0.0542. The fourth-order valence-electron chi connectivity index (χ4n) is 1.90. The number of para-hydroxylation sites is 1. The number of nitrogens with one attached hydrogen (secondary N) is 1. The van der Waals surface area contributed by atoms with Gasteiger partial charge < -0.3 is 19.7 Å². The van der Waals surface area contributed by atoms with Crippen LogP contribution in [0.2, 0.25) is 0 Å². The van der Waals surface area contributed by atoms with E-state index < -0.39 is 0 Å². The predicted octanol–water partition coefficient (Wildman–Crippen LogP) is 0.941. The van der Waals surface area contributed by atoms with Crippen LogP contribution in [0.1, 0.15) is 5.56 Å². The lowest BCUT2D eigenvalue weighted by Crippen LogP contribution is -2.36. The Balaban J connectivity index is 1.71. The molecule has 2 amide bonds. The van der Waals surface area contributed by atoms with E-state index in [0.29, 0.717) is 18.8 Å². The summed E-state index contributed by atoms with van der Waals surface area (Å²) in [6.07, 6.45) is -0.657. The number of hydrogen-bond acceptors (Lipinski definition) is 4. The number of amides is 2. The zero-order valence-electron chi connectivity index (χ0n) is 11.6. The molecule has 1 heterocycles. The first kappa shape index (κ1) is 14.2. The van der Waals surface area contributed by atoms with Crippen LogP contribution < -0.4 is 10.1 Å². The van der Waals surface area contributed by atoms with Gasteiger partial charge in [0.15, 0.2) is 6.61 Å². The molecule has 0 radical (unpaired) electrons. The molecule has 0 aromatic heterocycles. The molecule has 1 aliphatic rings. The van der Waals surface area contributed by atoms with Crippen molar-refractivity contribution in [3.8, 4) is 5.75 Å². The molecule has 1 N–H and O–H groups in total. The molecule has 2 rings (SSSR count). The van der Waals surface area contributed by atoms with E-state index in [1.54, 1.807) is 7.05 Å². The molecule has 0 aliphatic carbocycles. The first-order valence-electron chi connectivity index (χ1n) is 6.43. The van der Waals surface area contributed by atoms with Gasteiger partial charge in [-0.25, -0.2) is 4.79 Å². The number of rotatable bonds is 5. The van der Waals surface area contributed by atoms with Crippen LogP contribution in [-0.4, -0.2) is 49.7 Å². The number of carbonyl (C=O) groups excluding carboxylic acids is 2. The van der Waals surface area contributed by atoms with Crippen molar-refractivity contribution in [2.45, 2.75) is 13.0 Å². The molecule has 1 saturated heterocycles. The molecule has 108 valence electrons. The second-order valence-electron chi connectivity index (χ2n) is 4.74. The maximum Gasteiger partial charge on any atom is 0.410 e. The lowest BCUT2D eigenvalue weighted by Gasteiger charge is -2.11. The Kier molecular flexibility index (Phi) is 4.45. The number of hydrogen-bond donors (Lipinski definition) is 1. The Hall–Kier alpha value is -2.24. The third-order valence-electron chi connectivity index (χ3n) is 3.04. The zero-order valence-corrected chi connectivity index (χ0v) is 11.6. The molecule has 0 spiro atoms. The van der Waals surface area contributed by atoms with Gasteiger partial charge in [0, 0.05) is 7.05 Å². The van der Waals surface area contributed by atoms with Crippen LogP contribution in [0.3, 0.4) is 0 Å². The van der Waals surface area contributed by atoms with Crippen molar-refractivity contribution in [1.29, 1.82) is 0 Å². The summed E-state index contributed by atoms with van der Waals surface area (Å²) in [7, 11) is 1.66. The molecular formula is C14H18N2O4. The third-order valence-corrected chi connectivity index (χ3v) is 3.04. The molecular weight excluding hydrogens is 260 g/mol. The Bertz CT molecular complexity index is 504. The van der Waals surface area contributed by atoms with Crippen LogP contribution in [0.25, 0.3) is 0 Å². The van der Waals surface area contributed by atoms with E-state index >= 15 is 0 Å². The minimum Gasteiger partial charge on any atom is -0.484 e. The molecule has 20 heavy (non-hydrogen) atoms. The van der Waals surface area contributed by atoms with Crippen LogP contribution in [0.15, 0.2) is 24.3 Å². The molecule has 0 saturated carbocycles. The lowest BCUT2D eigenvalue weighted by molar-refractivity contribution is -0.123. The number of nitrogens with zero attached hydrogens (tertiary/aromatic N) is 1. The standard InChI is InChI=1S/C14H18N2O4/c1-10-5-3-4-6-12(10)19-9-13(17)15-7-11-8-16(2)14(18)20-11/h3-6,11H,7-9H2,1-2H3,(H,15,17). The zero-order chi connectivity index (χ0) is 14.5. The van der Waals surface area contributed by atoms with Gasteiger partial charge >= 0.3 is 6.09 Å². The lowest BCUT2D eigenvalue weighted by atomic mass is 10.2. The highest BCUT2D eigenvalue weighted by Crippen LogP contribution is 2.15. The van der Waals surface area contributed by atoms with E-state index in [0.717, 1.165) is 5.56 Å². The fourth-order valence-corrected chi connectivity index (χ4v) is 1.90. The van der Waals surface area contributed by atoms with E-state index in [4.69, 9.17) is 9.47 Å². The van der Waals surface area contributed by atoms with E-state index in [1.165, 1.54) is 4.90 Å². The normalized spacial score (nSPS) is 17.8. The van der Waals surface area contributed by atoms with Crippen molar-refractivity contribution in [2.24, 2.45) is 0 Å². The molecule has 1 aliphatic heterocycles. The SMILES string of the molecule is Cc1ccccc1OCC(=O)NCC1CN(C)C(=O)O1. The molecule has 6 nitrogen and oxygen atoms in total. The predicted molar refractivity (Wildman–Crippen MR) is 72.6 cm³/mol. The van der Waals surface area contributed by atoms with Crippen molar-refractivity contribution in [2.75, 3.05) is 26.7 Å². The van der Waals surface area contributed by atoms with Crippen LogP contribution in [0, 0.1) is 6.92 Å². The van der Waals surface area contributed by atoms with E-state index in [1.807, 2.05) is 31.2 Å². The van der Waals surface area contributed by atoms with Crippen molar-refractivity contribution in [3.63, 3.8) is 0 Å². The Morgan fingerprint density at radius 2 is 2.25 bits per heavy atom. The first-order valence-corrected chi connectivity index (χ1v) is 6.43. The highest BCUT2D eigenvalue weighted by molar-refractivity contribution is 5.77. The second-order valence-corrected chi connectivity index (χ2v) is 4.74. The van der Waals surface area contributed by atoms with E-state index in [-0.39, 0.29) is 24.7 Å². The van der Waals surface area contributed by atoms with Crippen LogP contribution in [0.4, 0.5) is 4.79 Å². The largest absolute Gasteiger partial charge is 0.484 e. The summed E-state index contributed by atoms with van der Waals surface area (Å²) >= 11 is 0. The molecule has 1 fully saturated rings. The summed E-state index contributed by atoms with van der Waals surface area (Å²) in [4.78, 5) is 24.3. The molecule has 1 unspecified atom stereocenters. The highest BCUT2D eigenvalue weighted by atomic mass is 16.6. The Morgan fingerprint density at radius 3 is 2.90 bits per heavy atom. The summed E-state index contributed by atoms with van der Waals surface area (Å²) < 4.78 is 10.5. The van der Waals surface area contributed by atoms with Crippen molar-refractivity contribution in [1.82, 2.24) is 10.2 Å². The van der Waals surface area contributed by atoms with Gasteiger partial charge in [-0.2, -0.15) is 0 Å². The van der Waals surface area contributed by atoms with Gasteiger partial charge in [-0.1, -0.05) is 18.2 Å². The smallest absolute Gasteiger partial charge is 0.410 e. The summed E-state index contributed by atoms with van der Waals surface area (Å²) in [5.74, 6) is 0.452. The van der Waals surface area contributed by atoms with Crippen LogP contribution >= 0.6 is 0 Å². The number of carbonyl (C=O) groups is 2.